The average molecular weight is 2080 g/mol. The standard InChI is InChI=1S/C50H30.C22H15BO2.C22H13Br.C16H11BO2.C6H4Br2.C6H4BrI.H/c1-5-33-17-19-37-21-25-43(45-27-23-35(7-1)47(33)49(37)45)41-11-3-9-39(29-41)31-13-15-32(16-14-31)40-10-4-12-42(30-40)44-26-22-38-20-18-34-6-2-8-36-24-28-46(44)50(38)48(34)36;24-23(25)18-6-2-5-17(13-18)19-11-9-16-8-7-14-3-1-4-15-10-12-20(19)22(16)21(14)15;23-18-6-2-5-17(13-18)19-11-9-16-8-7-14-3-1-4-15-10-12-20(19)22(16)21(14)15;18-17(19)14-9-7-12-5-4-10-2-1-3-11-6-8-13(14)16(12)15(10)11;7-5-1-2-6(8)4-3-5;7-5-2-1-3-6(8)4-5;/h1-30H;1-13,24-25H;1-13H;1-9,18-19H;2*1-4H;/q;;;;;;-1. The summed E-state index contributed by atoms with van der Waals surface area (Å²) in [5.41, 5.74) is 15.6. The molecular weight excluding hydrogens is 2000 g/mol. The highest BCUT2D eigenvalue weighted by Crippen LogP contribution is 2.47. The summed E-state index contributed by atoms with van der Waals surface area (Å²) in [6.07, 6.45) is 0. The predicted octanol–water partition coefficient (Wildman–Crippen LogP) is 33.7. The highest BCUT2D eigenvalue weighted by atomic mass is 127. The van der Waals surface area contributed by atoms with E-state index in [2.05, 4.69) is 438 Å². The van der Waals surface area contributed by atoms with Crippen LogP contribution in [0.5, 0.6) is 0 Å². The Morgan fingerprint density at radius 3 is 0.714 bits per heavy atom. The highest BCUT2D eigenvalue weighted by molar-refractivity contribution is 14.1. The van der Waals surface area contributed by atoms with Gasteiger partial charge in [-0.05, 0) is 329 Å². The Morgan fingerprint density at radius 2 is 0.414 bits per heavy atom. The van der Waals surface area contributed by atoms with Gasteiger partial charge in [-0.15, -0.1) is 0 Å². The van der Waals surface area contributed by atoms with E-state index < -0.39 is 14.2 Å². The first-order valence-electron chi connectivity index (χ1n) is 44.2. The molecule has 0 spiro atoms. The third kappa shape index (κ3) is 16.4. The lowest BCUT2D eigenvalue weighted by Crippen LogP contribution is -2.30. The molecule has 0 atom stereocenters. The first-order valence-corrected chi connectivity index (χ1v) is 48.4. The Kier molecular flexibility index (Phi) is 23.3. The van der Waals surface area contributed by atoms with Crippen molar-refractivity contribution in [3.05, 3.63) is 464 Å². The molecule has 0 bridgehead atoms. The van der Waals surface area contributed by atoms with Crippen molar-refractivity contribution in [1.82, 2.24) is 0 Å². The van der Waals surface area contributed by atoms with Crippen molar-refractivity contribution in [2.24, 2.45) is 0 Å². The zero-order valence-electron chi connectivity index (χ0n) is 72.5. The van der Waals surface area contributed by atoms with Crippen LogP contribution in [-0.2, 0) is 0 Å². The van der Waals surface area contributed by atoms with Gasteiger partial charge in [-0.3, -0.25) is 0 Å². The van der Waals surface area contributed by atoms with E-state index >= 15 is 0 Å². The van der Waals surface area contributed by atoms with Crippen LogP contribution < -0.4 is 10.9 Å². The maximum Gasteiger partial charge on any atom is 0.489 e. The third-order valence-electron chi connectivity index (χ3n) is 26.1. The van der Waals surface area contributed by atoms with Gasteiger partial charge >= 0.3 is 14.2 Å². The zero-order chi connectivity index (χ0) is 90.1. The van der Waals surface area contributed by atoms with E-state index in [4.69, 9.17) is 0 Å². The second kappa shape index (κ2) is 36.4. The van der Waals surface area contributed by atoms with Crippen molar-refractivity contribution < 1.29 is 21.5 Å². The molecule has 0 unspecified atom stereocenters. The first-order chi connectivity index (χ1) is 65.1. The molecule has 27 aromatic rings. The Bertz CT molecular complexity index is 8740. The zero-order valence-corrected chi connectivity index (χ0v) is 80.0. The van der Waals surface area contributed by atoms with E-state index in [-0.39, 0.29) is 1.43 Å². The SMILES string of the molecule is Brc1ccc(Br)cc1.Brc1cccc(-c2ccc3ccc4cccc5ccc2c3c45)c1.Brc1cccc(I)c1.OB(O)c1ccc2ccc3cccc4ccc1c2c34.OB(O)c1cccc(-c2ccc3ccc4cccc5ccc2c3c45)c1.[H-].c1cc(-c2ccc(-c3cccc(-c4ccc5ccc6cccc7ccc4c5c67)c3)cc2)cc(-c2ccc3ccc4cccc5ccc2c3c45)c1. The van der Waals surface area contributed by atoms with Crippen molar-refractivity contribution in [3.8, 4) is 66.8 Å². The van der Waals surface area contributed by atoms with Crippen LogP contribution in [0.1, 0.15) is 1.43 Å². The molecule has 0 heterocycles. The number of hydrogen-bond acceptors (Lipinski definition) is 4. The second-order valence-corrected chi connectivity index (χ2v) is 38.8. The van der Waals surface area contributed by atoms with Crippen molar-refractivity contribution in [2.75, 3.05) is 0 Å². The maximum absolute atomic E-state index is 9.51. The molecule has 0 aromatic heterocycles. The molecule has 4 nitrogen and oxygen atoms in total. The van der Waals surface area contributed by atoms with Crippen LogP contribution in [0.15, 0.2) is 461 Å². The van der Waals surface area contributed by atoms with Crippen LogP contribution in [0.4, 0.5) is 0 Å². The molecule has 0 saturated carbocycles. The lowest BCUT2D eigenvalue weighted by atomic mass is 9.75. The lowest BCUT2D eigenvalue weighted by Gasteiger charge is -2.15. The van der Waals surface area contributed by atoms with E-state index in [0.29, 0.717) is 10.9 Å². The van der Waals surface area contributed by atoms with Crippen molar-refractivity contribution in [3.63, 3.8) is 0 Å². The normalized spacial score (nSPS) is 11.5. The molecule has 0 saturated heterocycles. The van der Waals surface area contributed by atoms with E-state index in [9.17, 15) is 20.1 Å². The summed E-state index contributed by atoms with van der Waals surface area (Å²) >= 11 is 15.9. The number of benzene rings is 27. The van der Waals surface area contributed by atoms with Gasteiger partial charge in [0.25, 0.3) is 0 Å². The monoisotopic (exact) mass is 2070 g/mol. The average Bonchev–Trinajstić information content (AvgIpc) is 0.798. The molecule has 0 aliphatic carbocycles. The smallest absolute Gasteiger partial charge is 0.489 e. The van der Waals surface area contributed by atoms with Gasteiger partial charge in [0.05, 0.1) is 0 Å². The molecule has 27 aromatic carbocycles. The summed E-state index contributed by atoms with van der Waals surface area (Å²) < 4.78 is 5.74. The summed E-state index contributed by atoms with van der Waals surface area (Å²) in [6.45, 7) is 0. The molecule has 11 heteroatoms. The summed E-state index contributed by atoms with van der Waals surface area (Å²) in [4.78, 5) is 0. The number of hydrogen-bond donors (Lipinski definition) is 4. The van der Waals surface area contributed by atoms with Gasteiger partial charge < -0.3 is 21.5 Å². The Labute approximate surface area is 817 Å². The maximum atomic E-state index is 9.51. The summed E-state index contributed by atoms with van der Waals surface area (Å²) in [5, 5.41) is 76.0. The molecule has 0 aliphatic rings. The van der Waals surface area contributed by atoms with Gasteiger partial charge in [0.15, 0.2) is 0 Å². The molecule has 4 N–H and O–H groups in total. The van der Waals surface area contributed by atoms with Gasteiger partial charge in [-0.2, -0.15) is 0 Å². The fourth-order valence-corrected chi connectivity index (χ4v) is 22.2. The minimum absolute atomic E-state index is 0. The quantitative estimate of drug-likeness (QED) is 0.0694. The third-order valence-corrected chi connectivity index (χ3v) is 28.8. The summed E-state index contributed by atoms with van der Waals surface area (Å²) in [6, 6.07) is 157. The topological polar surface area (TPSA) is 80.9 Å². The summed E-state index contributed by atoms with van der Waals surface area (Å²) in [5.74, 6) is 0. The number of rotatable bonds is 8. The second-order valence-electron chi connectivity index (χ2n) is 33.9. The van der Waals surface area contributed by atoms with Crippen LogP contribution in [0.25, 0.3) is 228 Å². The predicted molar refractivity (Wildman–Crippen MR) is 594 cm³/mol. The molecule has 632 valence electrons. The van der Waals surface area contributed by atoms with Gasteiger partial charge in [-0.25, -0.2) is 0 Å². The van der Waals surface area contributed by atoms with Crippen molar-refractivity contribution >= 4 is 273 Å². The van der Waals surface area contributed by atoms with E-state index in [1.807, 2.05) is 78.9 Å². The van der Waals surface area contributed by atoms with E-state index in [1.165, 1.54) is 205 Å². The molecule has 133 heavy (non-hydrogen) atoms. The molecule has 0 radical (unpaired) electrons. The van der Waals surface area contributed by atoms with Gasteiger partial charge in [0.2, 0.25) is 0 Å². The van der Waals surface area contributed by atoms with Crippen LogP contribution in [-0.4, -0.2) is 34.3 Å². The number of halogens is 5. The van der Waals surface area contributed by atoms with Crippen LogP contribution in [0.3, 0.4) is 0 Å². The summed E-state index contributed by atoms with van der Waals surface area (Å²) in [7, 11) is -2.90. The van der Waals surface area contributed by atoms with Crippen LogP contribution in [0, 0.1) is 3.57 Å². The molecule has 0 amide bonds. The Balaban J connectivity index is 0.000000108. The Hall–Kier alpha value is -13.2. The molecule has 0 aliphatic heterocycles. The van der Waals surface area contributed by atoms with Crippen molar-refractivity contribution in [1.29, 1.82) is 0 Å². The fourth-order valence-electron chi connectivity index (χ4n) is 19.9. The van der Waals surface area contributed by atoms with Crippen LogP contribution >= 0.6 is 86.3 Å². The fraction of sp³-hybridized carbons (Fsp3) is 0. The minimum atomic E-state index is -1.46. The van der Waals surface area contributed by atoms with Gasteiger partial charge in [0, 0.05) is 21.5 Å². The van der Waals surface area contributed by atoms with E-state index in [0.717, 1.165) is 45.2 Å². The minimum Gasteiger partial charge on any atom is -1.00 e. The Morgan fingerprint density at radius 1 is 0.173 bits per heavy atom. The highest BCUT2D eigenvalue weighted by Gasteiger charge is 2.22. The van der Waals surface area contributed by atoms with Gasteiger partial charge in [-0.1, -0.05) is 440 Å². The lowest BCUT2D eigenvalue weighted by molar-refractivity contribution is 0.424. The largest absolute Gasteiger partial charge is 1.00 e. The molecule has 27 rings (SSSR count). The van der Waals surface area contributed by atoms with Gasteiger partial charge in [0.1, 0.15) is 0 Å². The molecule has 0 fully saturated rings. The van der Waals surface area contributed by atoms with Crippen LogP contribution in [0.2, 0.25) is 0 Å². The van der Waals surface area contributed by atoms with Crippen molar-refractivity contribution in [2.45, 2.75) is 0 Å². The molecular formula is C122H78B2Br4IO4-. The first kappa shape index (κ1) is 85.2. The van der Waals surface area contributed by atoms with E-state index in [1.54, 1.807) is 12.1 Å².